The fourth-order valence-corrected chi connectivity index (χ4v) is 3.84. The van der Waals surface area contributed by atoms with Gasteiger partial charge < -0.3 is 10.2 Å². The van der Waals surface area contributed by atoms with Gasteiger partial charge in [-0.3, -0.25) is 0 Å². The van der Waals surface area contributed by atoms with Crippen LogP contribution >= 0.6 is 0 Å². The molecule has 2 rings (SSSR count). The van der Waals surface area contributed by atoms with Gasteiger partial charge in [0.15, 0.2) is 0 Å². The summed E-state index contributed by atoms with van der Waals surface area (Å²) in [5.74, 6) is -1.82. The zero-order valence-corrected chi connectivity index (χ0v) is 12.6. The average Bonchev–Trinajstić information content (AvgIpc) is 2.84. The number of phenols is 1. The van der Waals surface area contributed by atoms with Crippen molar-refractivity contribution in [2.24, 2.45) is 5.41 Å². The molecule has 0 spiro atoms. The summed E-state index contributed by atoms with van der Waals surface area (Å²) < 4.78 is 27.0. The highest BCUT2D eigenvalue weighted by molar-refractivity contribution is 7.89. The fourth-order valence-electron chi connectivity index (χ4n) is 2.61. The summed E-state index contributed by atoms with van der Waals surface area (Å²) >= 11 is 0. The zero-order chi connectivity index (χ0) is 15.7. The van der Waals surface area contributed by atoms with Crippen molar-refractivity contribution in [3.63, 3.8) is 0 Å². The number of nitrogens with one attached hydrogen (secondary N) is 1. The molecule has 1 saturated carbocycles. The summed E-state index contributed by atoms with van der Waals surface area (Å²) in [5.41, 5.74) is -0.468. The highest BCUT2D eigenvalue weighted by atomic mass is 32.2. The first kappa shape index (κ1) is 15.8. The second-order valence-corrected chi connectivity index (χ2v) is 7.59. The molecule has 0 bridgehead atoms. The molecule has 3 N–H and O–H groups in total. The van der Waals surface area contributed by atoms with Crippen molar-refractivity contribution in [1.29, 1.82) is 0 Å². The van der Waals surface area contributed by atoms with E-state index < -0.39 is 27.3 Å². The largest absolute Gasteiger partial charge is 0.507 e. The Morgan fingerprint density at radius 2 is 1.95 bits per heavy atom. The lowest BCUT2D eigenvalue weighted by Crippen LogP contribution is -2.34. The maximum absolute atomic E-state index is 12.2. The first-order chi connectivity index (χ1) is 9.73. The van der Waals surface area contributed by atoms with Crippen LogP contribution in [-0.2, 0) is 10.0 Å². The molecule has 1 aromatic rings. The van der Waals surface area contributed by atoms with Gasteiger partial charge in [-0.05, 0) is 36.5 Å². The van der Waals surface area contributed by atoms with Gasteiger partial charge in [0, 0.05) is 6.54 Å². The summed E-state index contributed by atoms with van der Waals surface area (Å²) in [7, 11) is -3.78. The van der Waals surface area contributed by atoms with E-state index in [4.69, 9.17) is 5.11 Å². The molecule has 1 aromatic carbocycles. The predicted molar refractivity (Wildman–Crippen MR) is 76.8 cm³/mol. The summed E-state index contributed by atoms with van der Waals surface area (Å²) in [6.45, 7) is 2.38. The summed E-state index contributed by atoms with van der Waals surface area (Å²) in [6, 6.07) is 3.24. The fraction of sp³-hybridized carbons (Fsp3) is 0.500. The van der Waals surface area contributed by atoms with Gasteiger partial charge in [-0.1, -0.05) is 19.8 Å². The maximum atomic E-state index is 12.2. The van der Waals surface area contributed by atoms with Crippen LogP contribution < -0.4 is 4.72 Å². The summed E-state index contributed by atoms with van der Waals surface area (Å²) in [6.07, 6.45) is 4.15. The van der Waals surface area contributed by atoms with E-state index in [2.05, 4.69) is 4.72 Å². The molecule has 1 fully saturated rings. The van der Waals surface area contributed by atoms with E-state index in [0.717, 1.165) is 37.8 Å². The lowest BCUT2D eigenvalue weighted by molar-refractivity contribution is 0.0693. The van der Waals surface area contributed by atoms with Crippen LogP contribution in [0.5, 0.6) is 5.75 Å². The molecule has 0 aliphatic heterocycles. The zero-order valence-electron chi connectivity index (χ0n) is 11.8. The second kappa shape index (κ2) is 5.65. The molecule has 1 aliphatic carbocycles. The van der Waals surface area contributed by atoms with E-state index in [1.807, 2.05) is 6.92 Å². The number of aromatic hydroxyl groups is 1. The molecule has 0 saturated heterocycles. The van der Waals surface area contributed by atoms with Gasteiger partial charge in [0.1, 0.15) is 11.3 Å². The quantitative estimate of drug-likeness (QED) is 0.771. The van der Waals surface area contributed by atoms with Crippen LogP contribution in [0.4, 0.5) is 0 Å². The number of carboxylic acid groups (broad SMARTS) is 1. The Kier molecular flexibility index (Phi) is 4.25. The Morgan fingerprint density at radius 3 is 2.52 bits per heavy atom. The van der Waals surface area contributed by atoms with Crippen molar-refractivity contribution in [1.82, 2.24) is 4.72 Å². The molecule has 0 aromatic heterocycles. The molecule has 0 amide bonds. The minimum atomic E-state index is -3.78. The molecular formula is C14H19NO5S. The van der Waals surface area contributed by atoms with Crippen LogP contribution in [0.25, 0.3) is 0 Å². The van der Waals surface area contributed by atoms with Crippen LogP contribution in [0.3, 0.4) is 0 Å². The van der Waals surface area contributed by atoms with Crippen LogP contribution in [0.15, 0.2) is 23.1 Å². The average molecular weight is 313 g/mol. The van der Waals surface area contributed by atoms with Gasteiger partial charge in [-0.15, -0.1) is 0 Å². The standard InChI is InChI=1S/C14H19NO5S/c1-14(6-2-3-7-14)9-15-21(19,20)10-4-5-12(16)11(8-10)13(17)18/h4-5,8,15-16H,2-3,6-7,9H2,1H3,(H,17,18). The van der Waals surface area contributed by atoms with Crippen molar-refractivity contribution >= 4 is 16.0 Å². The van der Waals surface area contributed by atoms with Gasteiger partial charge in [-0.2, -0.15) is 0 Å². The number of carboxylic acids is 1. The molecule has 116 valence electrons. The molecule has 7 heteroatoms. The molecule has 21 heavy (non-hydrogen) atoms. The van der Waals surface area contributed by atoms with E-state index in [1.165, 1.54) is 6.07 Å². The topological polar surface area (TPSA) is 104 Å². The Labute approximate surface area is 123 Å². The normalized spacial score (nSPS) is 17.8. The Hall–Kier alpha value is -1.60. The Morgan fingerprint density at radius 1 is 1.33 bits per heavy atom. The van der Waals surface area contributed by atoms with E-state index >= 15 is 0 Å². The Balaban J connectivity index is 2.19. The second-order valence-electron chi connectivity index (χ2n) is 5.83. The number of carbonyl (C=O) groups is 1. The number of hydrogen-bond acceptors (Lipinski definition) is 4. The molecule has 0 atom stereocenters. The van der Waals surface area contributed by atoms with Gasteiger partial charge in [0.25, 0.3) is 0 Å². The minimum absolute atomic E-state index is 0.0420. The molecule has 1 aliphatic rings. The van der Waals surface area contributed by atoms with E-state index in [9.17, 15) is 18.3 Å². The number of hydrogen-bond donors (Lipinski definition) is 3. The van der Waals surface area contributed by atoms with Crippen molar-refractivity contribution < 1.29 is 23.4 Å². The summed E-state index contributed by atoms with van der Waals surface area (Å²) in [4.78, 5) is 10.8. The van der Waals surface area contributed by atoms with Gasteiger partial charge in [0.2, 0.25) is 10.0 Å². The number of benzene rings is 1. The van der Waals surface area contributed by atoms with E-state index in [0.29, 0.717) is 6.54 Å². The minimum Gasteiger partial charge on any atom is -0.507 e. The van der Waals surface area contributed by atoms with E-state index in [-0.39, 0.29) is 10.3 Å². The third-order valence-corrected chi connectivity index (χ3v) is 5.41. The smallest absolute Gasteiger partial charge is 0.339 e. The summed E-state index contributed by atoms with van der Waals surface area (Å²) in [5, 5.41) is 18.3. The van der Waals surface area contributed by atoms with Crippen LogP contribution in [0, 0.1) is 5.41 Å². The van der Waals surface area contributed by atoms with Gasteiger partial charge >= 0.3 is 5.97 Å². The van der Waals surface area contributed by atoms with Crippen LogP contribution in [-0.4, -0.2) is 31.1 Å². The third kappa shape index (κ3) is 3.54. The molecular weight excluding hydrogens is 294 g/mol. The van der Waals surface area contributed by atoms with Crippen LogP contribution in [0.2, 0.25) is 0 Å². The van der Waals surface area contributed by atoms with Gasteiger partial charge in [-0.25, -0.2) is 17.9 Å². The number of rotatable bonds is 5. The first-order valence-electron chi connectivity index (χ1n) is 6.80. The lowest BCUT2D eigenvalue weighted by atomic mass is 9.89. The Bertz CT molecular complexity index is 647. The van der Waals surface area contributed by atoms with Crippen molar-refractivity contribution in [2.45, 2.75) is 37.5 Å². The number of sulfonamides is 1. The van der Waals surface area contributed by atoms with Gasteiger partial charge in [0.05, 0.1) is 4.90 Å². The first-order valence-corrected chi connectivity index (χ1v) is 8.28. The monoisotopic (exact) mass is 313 g/mol. The number of aromatic carboxylic acids is 1. The molecule has 0 heterocycles. The van der Waals surface area contributed by atoms with Crippen molar-refractivity contribution in [2.75, 3.05) is 6.54 Å². The molecule has 0 unspecified atom stereocenters. The molecule has 0 radical (unpaired) electrons. The maximum Gasteiger partial charge on any atom is 0.339 e. The predicted octanol–water partition coefficient (Wildman–Crippen LogP) is 1.95. The molecule has 6 nitrogen and oxygen atoms in total. The lowest BCUT2D eigenvalue weighted by Gasteiger charge is -2.23. The van der Waals surface area contributed by atoms with Crippen molar-refractivity contribution in [3.8, 4) is 5.75 Å². The highest BCUT2D eigenvalue weighted by Crippen LogP contribution is 2.37. The van der Waals surface area contributed by atoms with E-state index in [1.54, 1.807) is 0 Å². The van der Waals surface area contributed by atoms with Crippen molar-refractivity contribution in [3.05, 3.63) is 23.8 Å². The highest BCUT2D eigenvalue weighted by Gasteiger charge is 2.30. The SMILES string of the molecule is CC1(CNS(=O)(=O)c2ccc(O)c(C(=O)O)c2)CCCC1. The van der Waals surface area contributed by atoms with Crippen LogP contribution in [0.1, 0.15) is 43.0 Å². The third-order valence-electron chi connectivity index (χ3n) is 4.01.